The molecule has 2 heterocycles. The molecule has 1 unspecified atom stereocenters. The molecule has 0 radical (unpaired) electrons. The molecule has 3 nitrogen and oxygen atoms in total. The monoisotopic (exact) mass is 305 g/mol. The first-order valence-corrected chi connectivity index (χ1v) is 8.55. The number of nitrogens with zero attached hydrogens (tertiary/aromatic N) is 1. The van der Waals surface area contributed by atoms with Gasteiger partial charge in [0.25, 0.3) is 0 Å². The van der Waals surface area contributed by atoms with Crippen molar-refractivity contribution in [3.8, 4) is 11.8 Å². The van der Waals surface area contributed by atoms with Crippen LogP contribution < -0.4 is 0 Å². The lowest BCUT2D eigenvalue weighted by Crippen LogP contribution is -2.29. The van der Waals surface area contributed by atoms with E-state index >= 15 is 0 Å². The van der Waals surface area contributed by atoms with Crippen molar-refractivity contribution in [3.63, 3.8) is 0 Å². The number of aliphatic hydroxyl groups is 1. The number of hydrogen-bond acceptors (Lipinski definition) is 3. The van der Waals surface area contributed by atoms with Crippen molar-refractivity contribution >= 4 is 17.2 Å². The van der Waals surface area contributed by atoms with E-state index in [4.69, 9.17) is 5.11 Å². The molecule has 21 heavy (non-hydrogen) atoms. The maximum atomic E-state index is 12.2. The minimum atomic E-state index is 0.102. The van der Waals surface area contributed by atoms with Gasteiger partial charge in [0.1, 0.15) is 0 Å². The van der Waals surface area contributed by atoms with Gasteiger partial charge in [0.15, 0.2) is 0 Å². The van der Waals surface area contributed by atoms with E-state index in [2.05, 4.69) is 24.8 Å². The molecule has 0 bridgehead atoms. The Labute approximate surface area is 131 Å². The quantitative estimate of drug-likeness (QED) is 0.869. The third-order valence-electron chi connectivity index (χ3n) is 3.97. The molecule has 1 aliphatic heterocycles. The fraction of sp³-hybridized carbons (Fsp3) is 0.588. The minimum absolute atomic E-state index is 0.102. The first-order chi connectivity index (χ1) is 10.2. The molecule has 1 fully saturated rings. The Morgan fingerprint density at radius 2 is 2.33 bits per heavy atom. The zero-order valence-electron chi connectivity index (χ0n) is 12.6. The lowest BCUT2D eigenvalue weighted by atomic mass is 9.98. The summed E-state index contributed by atoms with van der Waals surface area (Å²) in [5, 5.41) is 10.7. The van der Waals surface area contributed by atoms with Crippen molar-refractivity contribution in [1.82, 2.24) is 4.90 Å². The molecule has 0 aromatic carbocycles. The van der Waals surface area contributed by atoms with E-state index in [0.717, 1.165) is 24.9 Å². The molecule has 0 saturated carbocycles. The predicted octanol–water partition coefficient (Wildman–Crippen LogP) is 3.02. The molecule has 0 spiro atoms. The summed E-state index contributed by atoms with van der Waals surface area (Å²) in [6, 6.07) is 2.06. The lowest BCUT2D eigenvalue weighted by molar-refractivity contribution is -0.131. The SMILES string of the molecule is CCC1CCC(=O)N(Cc2cc(C#CCCO)cs2)CC1. The number of thiophene rings is 1. The van der Waals surface area contributed by atoms with Crippen LogP contribution in [-0.2, 0) is 11.3 Å². The number of hydrogen-bond donors (Lipinski definition) is 1. The van der Waals surface area contributed by atoms with Crippen LogP contribution in [0.1, 0.15) is 49.5 Å². The van der Waals surface area contributed by atoms with E-state index < -0.39 is 0 Å². The Balaban J connectivity index is 1.94. The highest BCUT2D eigenvalue weighted by Crippen LogP contribution is 2.23. The van der Waals surface area contributed by atoms with Gasteiger partial charge in [0, 0.05) is 35.2 Å². The van der Waals surface area contributed by atoms with E-state index in [1.807, 2.05) is 10.3 Å². The van der Waals surface area contributed by atoms with Crippen molar-refractivity contribution in [2.45, 2.75) is 45.6 Å². The van der Waals surface area contributed by atoms with Gasteiger partial charge in [-0.15, -0.1) is 11.3 Å². The second-order valence-electron chi connectivity index (χ2n) is 5.49. The van der Waals surface area contributed by atoms with E-state index in [1.165, 1.54) is 11.3 Å². The summed E-state index contributed by atoms with van der Waals surface area (Å²) in [4.78, 5) is 15.4. The number of carbonyl (C=O) groups is 1. The largest absolute Gasteiger partial charge is 0.395 e. The van der Waals surface area contributed by atoms with Gasteiger partial charge in [-0.05, 0) is 24.8 Å². The van der Waals surface area contributed by atoms with Crippen LogP contribution in [0.2, 0.25) is 0 Å². The normalized spacial score (nSPS) is 19.0. The van der Waals surface area contributed by atoms with E-state index in [1.54, 1.807) is 11.3 Å². The molecule has 1 atom stereocenters. The average Bonchev–Trinajstić information content (AvgIpc) is 2.85. The third kappa shape index (κ3) is 4.87. The lowest BCUT2D eigenvalue weighted by Gasteiger charge is -2.19. The van der Waals surface area contributed by atoms with Crippen molar-refractivity contribution < 1.29 is 9.90 Å². The van der Waals surface area contributed by atoms with Gasteiger partial charge in [0.05, 0.1) is 13.2 Å². The summed E-state index contributed by atoms with van der Waals surface area (Å²) < 4.78 is 0. The Morgan fingerprint density at radius 1 is 1.48 bits per heavy atom. The molecular formula is C17H23NO2S. The van der Waals surface area contributed by atoms with Gasteiger partial charge in [-0.25, -0.2) is 0 Å². The predicted molar refractivity (Wildman–Crippen MR) is 85.9 cm³/mol. The number of amides is 1. The van der Waals surface area contributed by atoms with Crippen molar-refractivity contribution in [3.05, 3.63) is 21.9 Å². The van der Waals surface area contributed by atoms with Crippen LogP contribution in [0, 0.1) is 17.8 Å². The Bertz CT molecular complexity index is 526. The molecule has 1 aromatic heterocycles. The van der Waals surface area contributed by atoms with Crippen LogP contribution in [0.4, 0.5) is 0 Å². The molecule has 1 aliphatic rings. The van der Waals surface area contributed by atoms with Crippen LogP contribution in [0.15, 0.2) is 11.4 Å². The van der Waals surface area contributed by atoms with Gasteiger partial charge in [-0.2, -0.15) is 0 Å². The highest BCUT2D eigenvalue weighted by Gasteiger charge is 2.21. The molecule has 1 N–H and O–H groups in total. The molecule has 4 heteroatoms. The van der Waals surface area contributed by atoms with Crippen molar-refractivity contribution in [2.24, 2.45) is 5.92 Å². The number of rotatable bonds is 4. The van der Waals surface area contributed by atoms with Crippen LogP contribution in [0.5, 0.6) is 0 Å². The zero-order chi connectivity index (χ0) is 15.1. The van der Waals surface area contributed by atoms with E-state index in [0.29, 0.717) is 25.3 Å². The van der Waals surface area contributed by atoms with Crippen molar-refractivity contribution in [2.75, 3.05) is 13.2 Å². The number of aliphatic hydroxyl groups excluding tert-OH is 1. The molecule has 0 aliphatic carbocycles. The summed E-state index contributed by atoms with van der Waals surface area (Å²) in [6.07, 6.45) is 4.52. The van der Waals surface area contributed by atoms with Crippen LogP contribution >= 0.6 is 11.3 Å². The van der Waals surface area contributed by atoms with Gasteiger partial charge in [-0.1, -0.05) is 25.2 Å². The van der Waals surface area contributed by atoms with Crippen LogP contribution in [0.3, 0.4) is 0 Å². The van der Waals surface area contributed by atoms with Crippen LogP contribution in [-0.4, -0.2) is 29.1 Å². The van der Waals surface area contributed by atoms with Gasteiger partial charge in [-0.3, -0.25) is 4.79 Å². The zero-order valence-corrected chi connectivity index (χ0v) is 13.4. The Morgan fingerprint density at radius 3 is 3.10 bits per heavy atom. The second kappa shape index (κ2) is 8.21. The molecular weight excluding hydrogens is 282 g/mol. The molecule has 1 saturated heterocycles. The average molecular weight is 305 g/mol. The summed E-state index contributed by atoms with van der Waals surface area (Å²) in [6.45, 7) is 3.90. The number of likely N-dealkylation sites (tertiary alicyclic amines) is 1. The van der Waals surface area contributed by atoms with Gasteiger partial charge in [0.2, 0.25) is 5.91 Å². The van der Waals surface area contributed by atoms with Gasteiger partial charge >= 0.3 is 0 Å². The van der Waals surface area contributed by atoms with E-state index in [-0.39, 0.29) is 12.5 Å². The smallest absolute Gasteiger partial charge is 0.222 e. The Hall–Kier alpha value is -1.31. The topological polar surface area (TPSA) is 40.5 Å². The minimum Gasteiger partial charge on any atom is -0.395 e. The highest BCUT2D eigenvalue weighted by atomic mass is 32.1. The standard InChI is InChI=1S/C17H23NO2S/c1-2-14-6-7-17(20)18(9-8-14)12-16-11-15(13-21-16)5-3-4-10-19/h11,13-14,19H,2,4,6-10,12H2,1H3. The fourth-order valence-corrected chi connectivity index (χ4v) is 3.44. The molecule has 1 aromatic rings. The fourth-order valence-electron chi connectivity index (χ4n) is 2.61. The third-order valence-corrected chi connectivity index (χ3v) is 4.90. The summed E-state index contributed by atoms with van der Waals surface area (Å²) in [5.41, 5.74) is 0.983. The van der Waals surface area contributed by atoms with Crippen LogP contribution in [0.25, 0.3) is 0 Å². The second-order valence-corrected chi connectivity index (χ2v) is 6.49. The first-order valence-electron chi connectivity index (χ1n) is 7.67. The van der Waals surface area contributed by atoms with E-state index in [9.17, 15) is 4.79 Å². The molecule has 2 rings (SSSR count). The maximum absolute atomic E-state index is 12.2. The van der Waals surface area contributed by atoms with Gasteiger partial charge < -0.3 is 10.0 Å². The molecule has 1 amide bonds. The summed E-state index contributed by atoms with van der Waals surface area (Å²) >= 11 is 1.66. The Kier molecular flexibility index (Phi) is 6.28. The highest BCUT2D eigenvalue weighted by molar-refractivity contribution is 7.10. The van der Waals surface area contributed by atoms with Crippen molar-refractivity contribution in [1.29, 1.82) is 0 Å². The summed E-state index contributed by atoms with van der Waals surface area (Å²) in [5.74, 6) is 6.95. The maximum Gasteiger partial charge on any atom is 0.222 e. The molecule has 114 valence electrons. The number of carbonyl (C=O) groups excluding carboxylic acids is 1. The summed E-state index contributed by atoms with van der Waals surface area (Å²) in [7, 11) is 0. The first kappa shape index (κ1) is 16.1.